The van der Waals surface area contributed by atoms with Crippen molar-refractivity contribution in [3.8, 4) is 0 Å². The first kappa shape index (κ1) is 21.2. The number of likely N-dealkylation sites (tertiary alicyclic amines) is 1. The highest BCUT2D eigenvalue weighted by Gasteiger charge is 2.32. The van der Waals surface area contributed by atoms with Gasteiger partial charge < -0.3 is 15.5 Å². The van der Waals surface area contributed by atoms with Crippen molar-refractivity contribution in [3.05, 3.63) is 53.4 Å². The minimum atomic E-state index is -0.540. The smallest absolute Gasteiger partial charge is 0.252 e. The number of hydrogen-bond acceptors (Lipinski definition) is 6. The Morgan fingerprint density at radius 3 is 2.48 bits per heavy atom. The molecule has 3 heterocycles. The second kappa shape index (κ2) is 8.97. The number of primary amides is 1. The molecule has 1 aromatic heterocycles. The van der Waals surface area contributed by atoms with E-state index in [1.54, 1.807) is 19.1 Å². The third-order valence-corrected chi connectivity index (χ3v) is 6.09. The highest BCUT2D eigenvalue weighted by Crippen LogP contribution is 2.30. The van der Waals surface area contributed by atoms with Crippen LogP contribution >= 0.6 is 0 Å². The lowest BCUT2D eigenvalue weighted by molar-refractivity contribution is -0.133. The van der Waals surface area contributed by atoms with Crippen LogP contribution in [0, 0.1) is 12.7 Å². The molecule has 0 spiro atoms. The largest absolute Gasteiger partial charge is 0.368 e. The summed E-state index contributed by atoms with van der Waals surface area (Å²) < 4.78 is 13.1. The van der Waals surface area contributed by atoms with Gasteiger partial charge in [0, 0.05) is 38.1 Å². The molecule has 0 unspecified atom stereocenters. The van der Waals surface area contributed by atoms with Crippen molar-refractivity contribution in [3.63, 3.8) is 0 Å². The van der Waals surface area contributed by atoms with Crippen LogP contribution in [0.2, 0.25) is 0 Å². The molecule has 2 amide bonds. The molecule has 2 saturated heterocycles. The molecule has 1 atom stereocenters. The number of aromatic nitrogens is 2. The van der Waals surface area contributed by atoms with Gasteiger partial charge in [0.2, 0.25) is 5.91 Å². The van der Waals surface area contributed by atoms with Crippen molar-refractivity contribution in [1.82, 2.24) is 19.8 Å². The van der Waals surface area contributed by atoms with Gasteiger partial charge in [-0.3, -0.25) is 14.5 Å². The Morgan fingerprint density at radius 2 is 1.84 bits per heavy atom. The van der Waals surface area contributed by atoms with Crippen LogP contribution in [0.4, 0.5) is 10.1 Å². The van der Waals surface area contributed by atoms with E-state index in [-0.39, 0.29) is 17.8 Å². The molecule has 8 nitrogen and oxygen atoms in total. The van der Waals surface area contributed by atoms with Crippen molar-refractivity contribution in [2.24, 2.45) is 5.73 Å². The van der Waals surface area contributed by atoms with E-state index < -0.39 is 5.91 Å². The normalized spacial score (nSPS) is 19.6. The predicted octanol–water partition coefficient (Wildman–Crippen LogP) is 1.51. The standard InChI is InChI=1S/C22H27FN6O2/c1-15-18(21(24)31)13-25-22(26-15)19-3-2-8-29(19)14-20(30)28-11-9-27(10-12-28)17-6-4-16(23)5-7-17/h4-7,13,19H,2-3,8-12,14H2,1H3,(H2,24,31)/t19-/m1/s1. The first-order valence-electron chi connectivity index (χ1n) is 10.6. The molecule has 1 aromatic carbocycles. The Balaban J connectivity index is 1.35. The molecule has 2 aliphatic rings. The number of anilines is 1. The summed E-state index contributed by atoms with van der Waals surface area (Å²) in [5.74, 6) is -0.0616. The SMILES string of the molecule is Cc1nc([C@H]2CCCN2CC(=O)N2CCN(c3ccc(F)cc3)CC2)ncc1C(N)=O. The molecular formula is C22H27FN6O2. The molecule has 2 aromatic rings. The number of halogens is 1. The summed E-state index contributed by atoms with van der Waals surface area (Å²) in [5, 5.41) is 0. The van der Waals surface area contributed by atoms with Gasteiger partial charge in [0.1, 0.15) is 11.6 Å². The highest BCUT2D eigenvalue weighted by atomic mass is 19.1. The van der Waals surface area contributed by atoms with E-state index >= 15 is 0 Å². The van der Waals surface area contributed by atoms with Crippen LogP contribution in [0.1, 0.15) is 40.8 Å². The zero-order chi connectivity index (χ0) is 22.0. The van der Waals surface area contributed by atoms with Crippen LogP contribution in [-0.4, -0.2) is 70.9 Å². The first-order valence-corrected chi connectivity index (χ1v) is 10.6. The Kier molecular flexibility index (Phi) is 6.13. The highest BCUT2D eigenvalue weighted by molar-refractivity contribution is 5.93. The van der Waals surface area contributed by atoms with Gasteiger partial charge in [0.05, 0.1) is 23.8 Å². The van der Waals surface area contributed by atoms with Gasteiger partial charge in [-0.2, -0.15) is 0 Å². The predicted molar refractivity (Wildman–Crippen MR) is 114 cm³/mol. The molecule has 2 fully saturated rings. The number of piperazine rings is 1. The van der Waals surface area contributed by atoms with E-state index in [1.165, 1.54) is 18.3 Å². The topological polar surface area (TPSA) is 95.7 Å². The molecule has 31 heavy (non-hydrogen) atoms. The molecule has 0 radical (unpaired) electrons. The quantitative estimate of drug-likeness (QED) is 0.779. The number of carbonyl (C=O) groups excluding carboxylic acids is 2. The summed E-state index contributed by atoms with van der Waals surface area (Å²) in [6.45, 7) is 5.59. The number of carbonyl (C=O) groups is 2. The number of nitrogens with zero attached hydrogens (tertiary/aromatic N) is 5. The third kappa shape index (κ3) is 4.66. The van der Waals surface area contributed by atoms with Crippen LogP contribution in [0.15, 0.2) is 30.5 Å². The van der Waals surface area contributed by atoms with Crippen LogP contribution in [0.5, 0.6) is 0 Å². The number of aryl methyl sites for hydroxylation is 1. The Bertz CT molecular complexity index is 959. The molecule has 4 rings (SSSR count). The minimum Gasteiger partial charge on any atom is -0.368 e. The van der Waals surface area contributed by atoms with Crippen molar-refractivity contribution >= 4 is 17.5 Å². The van der Waals surface area contributed by atoms with Gasteiger partial charge in [0.15, 0.2) is 0 Å². The second-order valence-corrected chi connectivity index (χ2v) is 8.06. The third-order valence-electron chi connectivity index (χ3n) is 6.09. The van der Waals surface area contributed by atoms with Crippen molar-refractivity contribution in [2.45, 2.75) is 25.8 Å². The second-order valence-electron chi connectivity index (χ2n) is 8.06. The first-order chi connectivity index (χ1) is 14.9. The van der Waals surface area contributed by atoms with Crippen LogP contribution in [0.25, 0.3) is 0 Å². The fourth-order valence-electron chi connectivity index (χ4n) is 4.33. The van der Waals surface area contributed by atoms with Gasteiger partial charge in [-0.25, -0.2) is 14.4 Å². The number of nitrogens with two attached hydrogens (primary N) is 1. The van der Waals surface area contributed by atoms with E-state index in [2.05, 4.69) is 19.8 Å². The maximum Gasteiger partial charge on any atom is 0.252 e. The fraction of sp³-hybridized carbons (Fsp3) is 0.455. The van der Waals surface area contributed by atoms with Crippen LogP contribution < -0.4 is 10.6 Å². The molecule has 0 saturated carbocycles. The average Bonchev–Trinajstić information content (AvgIpc) is 3.22. The van der Waals surface area contributed by atoms with Crippen molar-refractivity contribution in [2.75, 3.05) is 44.2 Å². The Labute approximate surface area is 180 Å². The molecule has 2 N–H and O–H groups in total. The summed E-state index contributed by atoms with van der Waals surface area (Å²) in [6, 6.07) is 6.42. The lowest BCUT2D eigenvalue weighted by Crippen LogP contribution is -2.51. The van der Waals surface area contributed by atoms with Gasteiger partial charge in [-0.1, -0.05) is 0 Å². The van der Waals surface area contributed by atoms with Gasteiger partial charge in [0.25, 0.3) is 5.91 Å². The van der Waals surface area contributed by atoms with Crippen LogP contribution in [0.3, 0.4) is 0 Å². The zero-order valence-corrected chi connectivity index (χ0v) is 17.6. The van der Waals surface area contributed by atoms with Gasteiger partial charge in [-0.15, -0.1) is 0 Å². The molecule has 164 valence electrons. The van der Waals surface area contributed by atoms with Crippen molar-refractivity contribution in [1.29, 1.82) is 0 Å². The zero-order valence-electron chi connectivity index (χ0n) is 17.6. The Hall–Kier alpha value is -3.07. The number of benzene rings is 1. The minimum absolute atomic E-state index is 0.0370. The molecule has 2 aliphatic heterocycles. The monoisotopic (exact) mass is 426 g/mol. The van der Waals surface area contributed by atoms with E-state index in [9.17, 15) is 14.0 Å². The van der Waals surface area contributed by atoms with Crippen molar-refractivity contribution < 1.29 is 14.0 Å². The van der Waals surface area contributed by atoms with Gasteiger partial charge >= 0.3 is 0 Å². The van der Waals surface area contributed by atoms with E-state index in [4.69, 9.17) is 5.73 Å². The lowest BCUT2D eigenvalue weighted by atomic mass is 10.1. The van der Waals surface area contributed by atoms with E-state index in [0.717, 1.165) is 38.2 Å². The lowest BCUT2D eigenvalue weighted by Gasteiger charge is -2.37. The molecular weight excluding hydrogens is 399 g/mol. The summed E-state index contributed by atoms with van der Waals surface area (Å²) >= 11 is 0. The summed E-state index contributed by atoms with van der Waals surface area (Å²) in [7, 11) is 0. The van der Waals surface area contributed by atoms with Crippen LogP contribution in [-0.2, 0) is 4.79 Å². The Morgan fingerprint density at radius 1 is 1.13 bits per heavy atom. The summed E-state index contributed by atoms with van der Waals surface area (Å²) in [5.41, 5.74) is 7.21. The molecule has 0 aliphatic carbocycles. The number of hydrogen-bond donors (Lipinski definition) is 1. The molecule has 0 bridgehead atoms. The fourth-order valence-corrected chi connectivity index (χ4v) is 4.33. The van der Waals surface area contributed by atoms with E-state index in [0.29, 0.717) is 36.7 Å². The van der Waals surface area contributed by atoms with E-state index in [1.807, 2.05) is 4.90 Å². The average molecular weight is 426 g/mol. The number of rotatable bonds is 5. The van der Waals surface area contributed by atoms with Gasteiger partial charge in [-0.05, 0) is 50.6 Å². The molecule has 9 heteroatoms. The maximum absolute atomic E-state index is 13.1. The summed E-state index contributed by atoms with van der Waals surface area (Å²) in [6.07, 6.45) is 3.32. The summed E-state index contributed by atoms with van der Waals surface area (Å²) in [4.78, 5) is 39.4. The maximum atomic E-state index is 13.1. The number of amides is 2.